The van der Waals surface area contributed by atoms with E-state index in [2.05, 4.69) is 184 Å². The third-order valence-corrected chi connectivity index (χ3v) is 24.7. The number of ether oxygens (including phenoxy) is 1. The van der Waals surface area contributed by atoms with E-state index in [1.165, 1.54) is 70.8 Å². The molecule has 13 rings (SSSR count). The Bertz CT molecular complexity index is 5170. The first-order valence-corrected chi connectivity index (χ1v) is 45.1. The van der Waals surface area contributed by atoms with Crippen molar-refractivity contribution in [2.45, 2.75) is 204 Å². The highest BCUT2D eigenvalue weighted by Gasteiger charge is 2.30. The molecule has 0 radical (unpaired) electrons. The molecule has 0 atom stereocenters. The highest BCUT2D eigenvalue weighted by atomic mass is 35.5. The number of aliphatic hydroxyl groups is 1. The number of allylic oxidation sites excluding steroid dienone is 6. The number of aliphatic hydroxyl groups excluding tert-OH is 1. The van der Waals surface area contributed by atoms with Gasteiger partial charge in [0.1, 0.15) is 23.2 Å². The Balaban J connectivity index is 0.000000190. The van der Waals surface area contributed by atoms with Crippen molar-refractivity contribution >= 4 is 69.8 Å². The summed E-state index contributed by atoms with van der Waals surface area (Å²) in [4.78, 5) is 106. The first kappa shape index (κ1) is 99.3. The van der Waals surface area contributed by atoms with Crippen molar-refractivity contribution in [3.05, 3.63) is 229 Å². The highest BCUT2D eigenvalue weighted by molar-refractivity contribution is 5.98. The molecule has 2 amide bonds. The monoisotopic (exact) mass is 1730 g/mol. The second kappa shape index (κ2) is 47.9. The van der Waals surface area contributed by atoms with Gasteiger partial charge < -0.3 is 54.5 Å². The fourth-order valence-corrected chi connectivity index (χ4v) is 16.3. The number of benzene rings is 4. The van der Waals surface area contributed by atoms with Gasteiger partial charge in [0.2, 0.25) is 34.9 Å². The zero-order valence-corrected chi connectivity index (χ0v) is 77.8. The van der Waals surface area contributed by atoms with Crippen LogP contribution in [0.15, 0.2) is 126 Å². The van der Waals surface area contributed by atoms with Crippen molar-refractivity contribution in [3.63, 3.8) is 0 Å². The van der Waals surface area contributed by atoms with Crippen molar-refractivity contribution in [2.75, 3.05) is 111 Å². The standard InChI is InChI=1S/C26H33N5O2.C26H31N3O3.C26H35N3O2.C25H36N2O2.ClH/c1-26(2)9-7-19(8-10-26)22-13-18(14-24(33)28-11-12-31(3)4)5-6-20(22)15-23(32)25-29-17-21(16-27)30-25;1-4-21-17-28-25(29-21)23(31)16-20-7-6-18(15-24(32)27-12-5-13-30)14-22(20)19-8-10-26(2,3)11-9-19;1-19-18-27-25(28-19)24(30)17-22-5-4-20(8-11-29-12-14-31-15-13-29)16-23(22)21-6-9-26(2,3)10-7-21;1-5-26(4)14-6-7-21-9-10-22(18-24(28)25-11-8-20(3)29-25)23(17-21)27-15-12-19(2)13-16-27;/h5-7,13,17H,8-12,14-15H2,1-4H3,(H,28,33)(H,29,30);1,6-8,14,17,30H,5,9-13,15-16H2,2-3H3,(H,27,32)(H,28,29);4-6,16,18H,7-15,17H2,1-3H3,(H,27,28);8-11,17,19H,5-7,12-16,18H2,1-4H3;1H. The van der Waals surface area contributed by atoms with Crippen LogP contribution in [0.5, 0.6) is 0 Å². The number of hydrogen-bond acceptors (Lipinski definition) is 17. The van der Waals surface area contributed by atoms with Gasteiger partial charge in [0.05, 0.1) is 38.4 Å². The number of furan rings is 1. The summed E-state index contributed by atoms with van der Waals surface area (Å²) in [6.45, 7) is 33.1. The molecule has 6 N–H and O–H groups in total. The number of amides is 2. The van der Waals surface area contributed by atoms with Gasteiger partial charge in [-0.2, -0.15) is 5.26 Å². The summed E-state index contributed by atoms with van der Waals surface area (Å²) in [5.41, 5.74) is 19.6. The Kier molecular flexibility index (Phi) is 37.8. The quantitative estimate of drug-likeness (QED) is 0.0124. The molecule has 5 aliphatic rings. The maximum absolute atomic E-state index is 12.9. The summed E-state index contributed by atoms with van der Waals surface area (Å²) >= 11 is 0. The van der Waals surface area contributed by atoms with Gasteiger partial charge in [-0.15, -0.1) is 18.8 Å². The number of imidazole rings is 3. The Hall–Kier alpha value is -10.4. The Labute approximate surface area is 753 Å². The molecule has 2 fully saturated rings. The van der Waals surface area contributed by atoms with Gasteiger partial charge in [-0.1, -0.05) is 146 Å². The molecule has 8 aromatic rings. The van der Waals surface area contributed by atoms with Crippen LogP contribution in [0, 0.1) is 59.7 Å². The number of rotatable bonds is 34. The minimum absolute atomic E-state index is 0. The number of halogens is 1. The third-order valence-electron chi connectivity index (χ3n) is 24.7. The molecule has 6 heterocycles. The largest absolute Gasteiger partial charge is 0.458 e. The smallest absolute Gasteiger partial charge is 0.224 e. The SMILES string of the molecule is C#Cc1cnc(C(=O)Cc2ccc(CC(=O)NCCCO)cc2C2=CCC(C)(C)CC2)[nH]1.CCN(C)CCCc1ccc(CC(=O)c2ccc(C)o2)c(N2CCC(C)CC2)c1.CN(C)CCNC(=O)Cc1ccc(CC(=O)c2ncc(C#N)[nH]2)c(C2=CCC(C)(C)CC2)c1.Cc1cnc(C(=O)Cc2ccc(CCN3CCOCC3)cc2C2=CCC(C)(C)CC2)[nH]1.Cl. The number of H-pyrrole nitrogens is 3. The van der Waals surface area contributed by atoms with Gasteiger partial charge in [0.15, 0.2) is 23.2 Å². The number of carbonyl (C=O) groups is 6. The van der Waals surface area contributed by atoms with Crippen molar-refractivity contribution in [2.24, 2.45) is 22.2 Å². The number of Topliss-reactive ketones (excluding diaryl/α,β-unsaturated/α-hetero) is 4. The average molecular weight is 1740 g/mol. The van der Waals surface area contributed by atoms with Crippen molar-refractivity contribution in [1.29, 1.82) is 5.26 Å². The van der Waals surface area contributed by atoms with E-state index < -0.39 is 0 Å². The fourth-order valence-electron chi connectivity index (χ4n) is 16.3. The molecule has 0 bridgehead atoms. The minimum atomic E-state index is -0.163. The van der Waals surface area contributed by atoms with E-state index in [9.17, 15) is 28.8 Å². The fraction of sp³-hybridized carbons (Fsp3) is 0.495. The molecule has 0 unspecified atom stereocenters. The number of nitriles is 1. The molecule has 4 aromatic carbocycles. The van der Waals surface area contributed by atoms with Gasteiger partial charge in [0.25, 0.3) is 0 Å². The molecular weight excluding hydrogens is 1600 g/mol. The zero-order valence-electron chi connectivity index (χ0n) is 76.9. The van der Waals surface area contributed by atoms with Crippen LogP contribution in [0.25, 0.3) is 16.7 Å². The van der Waals surface area contributed by atoms with Crippen LogP contribution in [0.2, 0.25) is 0 Å². The predicted molar refractivity (Wildman–Crippen MR) is 505 cm³/mol. The number of terminal acetylenes is 1. The number of aromatic nitrogens is 6. The number of hydrogen-bond donors (Lipinski definition) is 6. The normalized spacial score (nSPS) is 16.0. The molecule has 23 heteroatoms. The lowest BCUT2D eigenvalue weighted by Gasteiger charge is -2.34. The summed E-state index contributed by atoms with van der Waals surface area (Å²) in [6, 6.07) is 30.8. The van der Waals surface area contributed by atoms with Crippen LogP contribution in [0.3, 0.4) is 0 Å². The number of piperidine rings is 1. The van der Waals surface area contributed by atoms with E-state index in [4.69, 9.17) is 25.9 Å². The molecule has 22 nitrogen and oxygen atoms in total. The van der Waals surface area contributed by atoms with Crippen LogP contribution in [0.4, 0.5) is 5.69 Å². The zero-order chi connectivity index (χ0) is 89.8. The van der Waals surface area contributed by atoms with E-state index >= 15 is 0 Å². The molecule has 0 saturated carbocycles. The third kappa shape index (κ3) is 31.0. The lowest BCUT2D eigenvalue weighted by molar-refractivity contribution is -0.121. The van der Waals surface area contributed by atoms with Crippen molar-refractivity contribution < 1.29 is 43.0 Å². The Morgan fingerprint density at radius 1 is 0.571 bits per heavy atom. The molecule has 0 spiro atoms. The van der Waals surface area contributed by atoms with E-state index in [1.54, 1.807) is 12.3 Å². The van der Waals surface area contributed by atoms with Gasteiger partial charge in [-0.25, -0.2) is 15.0 Å². The van der Waals surface area contributed by atoms with Crippen LogP contribution < -0.4 is 15.5 Å². The Morgan fingerprint density at radius 2 is 1.04 bits per heavy atom. The summed E-state index contributed by atoms with van der Waals surface area (Å²) in [5, 5.41) is 23.7. The summed E-state index contributed by atoms with van der Waals surface area (Å²) in [6.07, 6.45) is 34.2. The van der Waals surface area contributed by atoms with Crippen LogP contribution >= 0.6 is 12.4 Å². The number of anilines is 1. The molecule has 4 aromatic heterocycles. The van der Waals surface area contributed by atoms with Crippen molar-refractivity contribution in [1.82, 2.24) is 55.2 Å². The van der Waals surface area contributed by atoms with E-state index in [-0.39, 0.29) is 101 Å². The summed E-state index contributed by atoms with van der Waals surface area (Å²) in [5.74, 6) is 5.12. The highest BCUT2D eigenvalue weighted by Crippen LogP contribution is 2.43. The first-order valence-electron chi connectivity index (χ1n) is 45.1. The number of aromatic amines is 3. The molecule has 2 aliphatic heterocycles. The minimum Gasteiger partial charge on any atom is -0.458 e. The first-order chi connectivity index (χ1) is 59.8. The molecule has 2 saturated heterocycles. The van der Waals surface area contributed by atoms with Crippen LogP contribution in [0.1, 0.15) is 265 Å². The topological polar surface area (TPSA) is 292 Å². The maximum atomic E-state index is 12.9. The lowest BCUT2D eigenvalue weighted by atomic mass is 9.76. The molecular formula is C103H136ClN13O9. The van der Waals surface area contributed by atoms with Crippen molar-refractivity contribution in [3.8, 4) is 18.4 Å². The predicted octanol–water partition coefficient (Wildman–Crippen LogP) is 17.1. The van der Waals surface area contributed by atoms with Gasteiger partial charge in [-0.3, -0.25) is 33.7 Å². The molecule has 3 aliphatic carbocycles. The Morgan fingerprint density at radius 3 is 1.48 bits per heavy atom. The summed E-state index contributed by atoms with van der Waals surface area (Å²) < 4.78 is 11.0. The number of likely N-dealkylation sites (N-methyl/N-ethyl adjacent to an activating group) is 1. The van der Waals surface area contributed by atoms with Gasteiger partial charge in [-0.05, 0) is 263 Å². The number of nitrogens with zero attached hydrogens (tertiary/aromatic N) is 8. The number of carbonyl (C=O) groups excluding carboxylic acids is 6. The van der Waals surface area contributed by atoms with Gasteiger partial charge >= 0.3 is 0 Å². The second-order valence-corrected chi connectivity index (χ2v) is 37.3. The number of aryl methyl sites for hydroxylation is 3. The molecule has 674 valence electrons. The summed E-state index contributed by atoms with van der Waals surface area (Å²) in [7, 11) is 6.12. The van der Waals surface area contributed by atoms with E-state index in [1.807, 2.05) is 75.3 Å². The van der Waals surface area contributed by atoms with Crippen LogP contribution in [-0.2, 0) is 65.7 Å². The lowest BCUT2D eigenvalue weighted by Crippen LogP contribution is -2.37. The van der Waals surface area contributed by atoms with Crippen LogP contribution in [-0.4, -0.2) is 191 Å². The number of ketones is 4. The van der Waals surface area contributed by atoms with E-state index in [0.29, 0.717) is 61.5 Å². The number of morpholine rings is 1. The number of nitrogens with one attached hydrogen (secondary N) is 5. The average Bonchev–Trinajstić information content (AvgIpc) is 1.04. The van der Waals surface area contributed by atoms with Gasteiger partial charge in [0, 0.05) is 102 Å². The maximum Gasteiger partial charge on any atom is 0.224 e. The second-order valence-electron chi connectivity index (χ2n) is 37.3. The molecule has 126 heavy (non-hydrogen) atoms. The van der Waals surface area contributed by atoms with E-state index in [0.717, 1.165) is 198 Å².